The molecule has 0 radical (unpaired) electrons. The fourth-order valence-electron chi connectivity index (χ4n) is 2.81. The number of anilines is 1. The fraction of sp³-hybridized carbons (Fsp3) is 0.571. The molecule has 0 amide bonds. The minimum absolute atomic E-state index is 0.533. The topological polar surface area (TPSA) is 21.3 Å². The van der Waals surface area contributed by atoms with Crippen molar-refractivity contribution in [3.63, 3.8) is 0 Å². The summed E-state index contributed by atoms with van der Waals surface area (Å²) in [5.74, 6) is 0. The summed E-state index contributed by atoms with van der Waals surface area (Å²) in [4.78, 5) is 0. The van der Waals surface area contributed by atoms with E-state index in [1.165, 1.54) is 43.4 Å². The van der Waals surface area contributed by atoms with Gasteiger partial charge in [-0.3, -0.25) is 0 Å². The molecule has 1 saturated heterocycles. The van der Waals surface area contributed by atoms with E-state index < -0.39 is 0 Å². The standard InChI is InChI=1S/C14H19NO/c1-2-6-14-11(4-1)10-12(15-14)7-8-13-5-3-9-16-13/h1-2,4,6,12-13,15H,3,5,7-10H2. The lowest BCUT2D eigenvalue weighted by molar-refractivity contribution is 0.101. The average molecular weight is 217 g/mol. The number of hydrogen-bond acceptors (Lipinski definition) is 2. The van der Waals surface area contributed by atoms with E-state index in [-0.39, 0.29) is 0 Å². The van der Waals surface area contributed by atoms with Crippen LogP contribution in [0.1, 0.15) is 31.2 Å². The number of ether oxygens (including phenoxy) is 1. The predicted octanol–water partition coefficient (Wildman–Crippen LogP) is 2.98. The Morgan fingerprint density at radius 3 is 3.00 bits per heavy atom. The van der Waals surface area contributed by atoms with Gasteiger partial charge in [-0.1, -0.05) is 18.2 Å². The van der Waals surface area contributed by atoms with Crippen LogP contribution in [0.25, 0.3) is 0 Å². The highest BCUT2D eigenvalue weighted by atomic mass is 16.5. The molecule has 0 bridgehead atoms. The Labute approximate surface area is 97.0 Å². The van der Waals surface area contributed by atoms with Gasteiger partial charge in [-0.25, -0.2) is 0 Å². The summed E-state index contributed by atoms with van der Waals surface area (Å²) < 4.78 is 5.66. The summed E-state index contributed by atoms with van der Waals surface area (Å²) in [7, 11) is 0. The highest BCUT2D eigenvalue weighted by Crippen LogP contribution is 2.28. The van der Waals surface area contributed by atoms with Crippen LogP contribution in [-0.2, 0) is 11.2 Å². The lowest BCUT2D eigenvalue weighted by atomic mass is 10.0. The molecule has 16 heavy (non-hydrogen) atoms. The number of nitrogens with one attached hydrogen (secondary N) is 1. The molecule has 1 fully saturated rings. The Hall–Kier alpha value is -1.02. The van der Waals surface area contributed by atoms with Crippen molar-refractivity contribution in [1.82, 2.24) is 0 Å². The maximum atomic E-state index is 5.66. The van der Waals surface area contributed by atoms with Crippen LogP contribution in [-0.4, -0.2) is 18.8 Å². The summed E-state index contributed by atoms with van der Waals surface area (Å²) in [5.41, 5.74) is 2.81. The Balaban J connectivity index is 1.52. The van der Waals surface area contributed by atoms with Gasteiger partial charge in [0.25, 0.3) is 0 Å². The van der Waals surface area contributed by atoms with E-state index in [1.54, 1.807) is 0 Å². The van der Waals surface area contributed by atoms with Crippen molar-refractivity contribution >= 4 is 5.69 Å². The molecule has 1 aromatic carbocycles. The van der Waals surface area contributed by atoms with Gasteiger partial charge >= 0.3 is 0 Å². The molecule has 0 spiro atoms. The monoisotopic (exact) mass is 217 g/mol. The van der Waals surface area contributed by atoms with Crippen molar-refractivity contribution in [1.29, 1.82) is 0 Å². The zero-order valence-corrected chi connectivity index (χ0v) is 9.61. The number of hydrogen-bond donors (Lipinski definition) is 1. The molecule has 2 nitrogen and oxygen atoms in total. The van der Waals surface area contributed by atoms with E-state index in [0.29, 0.717) is 12.1 Å². The second-order valence-electron chi connectivity index (χ2n) is 4.91. The second-order valence-corrected chi connectivity index (χ2v) is 4.91. The van der Waals surface area contributed by atoms with E-state index in [1.807, 2.05) is 0 Å². The van der Waals surface area contributed by atoms with E-state index in [9.17, 15) is 0 Å². The van der Waals surface area contributed by atoms with E-state index in [0.717, 1.165) is 6.61 Å². The van der Waals surface area contributed by atoms with E-state index in [2.05, 4.69) is 29.6 Å². The molecular formula is C14H19NO. The van der Waals surface area contributed by atoms with Crippen molar-refractivity contribution < 1.29 is 4.74 Å². The van der Waals surface area contributed by atoms with Gasteiger partial charge in [0, 0.05) is 18.3 Å². The van der Waals surface area contributed by atoms with Crippen molar-refractivity contribution in [3.05, 3.63) is 29.8 Å². The van der Waals surface area contributed by atoms with Crippen LogP contribution in [0, 0.1) is 0 Å². The molecule has 2 atom stereocenters. The minimum atomic E-state index is 0.533. The first-order valence-electron chi connectivity index (χ1n) is 6.38. The van der Waals surface area contributed by atoms with Crippen LogP contribution in [0.5, 0.6) is 0 Å². The number of fused-ring (bicyclic) bond motifs is 1. The van der Waals surface area contributed by atoms with Crippen LogP contribution in [0.15, 0.2) is 24.3 Å². The molecule has 0 saturated carbocycles. The summed E-state index contributed by atoms with van der Waals surface area (Å²) >= 11 is 0. The maximum absolute atomic E-state index is 5.66. The van der Waals surface area contributed by atoms with Gasteiger partial charge in [0.1, 0.15) is 0 Å². The molecule has 86 valence electrons. The zero-order valence-electron chi connectivity index (χ0n) is 9.61. The highest BCUT2D eigenvalue weighted by molar-refractivity contribution is 5.56. The Morgan fingerprint density at radius 2 is 2.19 bits per heavy atom. The number of para-hydroxylation sites is 1. The molecule has 1 N–H and O–H groups in total. The fourth-order valence-corrected chi connectivity index (χ4v) is 2.81. The first-order valence-corrected chi connectivity index (χ1v) is 6.38. The van der Waals surface area contributed by atoms with Gasteiger partial charge in [0.15, 0.2) is 0 Å². The SMILES string of the molecule is c1ccc2c(c1)CC(CCC1CCCO1)N2. The van der Waals surface area contributed by atoms with Crippen LogP contribution in [0.4, 0.5) is 5.69 Å². The molecule has 3 rings (SSSR count). The maximum Gasteiger partial charge on any atom is 0.0576 e. The zero-order chi connectivity index (χ0) is 10.8. The largest absolute Gasteiger partial charge is 0.382 e. The van der Waals surface area contributed by atoms with Gasteiger partial charge in [-0.2, -0.15) is 0 Å². The lowest BCUT2D eigenvalue weighted by Crippen LogP contribution is -2.18. The van der Waals surface area contributed by atoms with Gasteiger partial charge < -0.3 is 10.1 Å². The smallest absolute Gasteiger partial charge is 0.0576 e. The Morgan fingerprint density at radius 1 is 1.25 bits per heavy atom. The summed E-state index contributed by atoms with van der Waals surface area (Å²) in [5, 5.41) is 3.60. The molecule has 2 unspecified atom stereocenters. The van der Waals surface area contributed by atoms with Crippen LogP contribution < -0.4 is 5.32 Å². The molecule has 0 aromatic heterocycles. The van der Waals surface area contributed by atoms with Crippen LogP contribution in [0.3, 0.4) is 0 Å². The van der Waals surface area contributed by atoms with Gasteiger partial charge in [-0.15, -0.1) is 0 Å². The second kappa shape index (κ2) is 4.46. The van der Waals surface area contributed by atoms with Crippen molar-refractivity contribution in [2.45, 2.75) is 44.2 Å². The summed E-state index contributed by atoms with van der Waals surface area (Å²) in [6.07, 6.45) is 6.68. The van der Waals surface area contributed by atoms with Crippen LogP contribution in [0.2, 0.25) is 0 Å². The Kier molecular flexibility index (Phi) is 2.83. The Bertz CT molecular complexity index is 333. The van der Waals surface area contributed by atoms with Gasteiger partial charge in [-0.05, 0) is 43.7 Å². The average Bonchev–Trinajstić information content (AvgIpc) is 2.95. The quantitative estimate of drug-likeness (QED) is 0.840. The normalized spacial score (nSPS) is 27.8. The highest BCUT2D eigenvalue weighted by Gasteiger charge is 2.22. The van der Waals surface area contributed by atoms with Crippen molar-refractivity contribution in [3.8, 4) is 0 Å². The molecular weight excluding hydrogens is 198 g/mol. The van der Waals surface area contributed by atoms with E-state index >= 15 is 0 Å². The number of benzene rings is 1. The molecule has 1 aromatic rings. The predicted molar refractivity (Wildman–Crippen MR) is 65.8 cm³/mol. The first kappa shape index (κ1) is 10.2. The minimum Gasteiger partial charge on any atom is -0.382 e. The number of rotatable bonds is 3. The molecule has 2 heteroatoms. The lowest BCUT2D eigenvalue weighted by Gasteiger charge is -2.14. The third-order valence-corrected chi connectivity index (χ3v) is 3.70. The van der Waals surface area contributed by atoms with Crippen LogP contribution >= 0.6 is 0 Å². The molecule has 0 aliphatic carbocycles. The summed E-state index contributed by atoms with van der Waals surface area (Å²) in [6.45, 7) is 0.975. The summed E-state index contributed by atoms with van der Waals surface area (Å²) in [6, 6.07) is 9.27. The molecule has 2 aliphatic rings. The third kappa shape index (κ3) is 2.07. The van der Waals surface area contributed by atoms with Gasteiger partial charge in [0.2, 0.25) is 0 Å². The molecule has 2 aliphatic heterocycles. The third-order valence-electron chi connectivity index (χ3n) is 3.70. The van der Waals surface area contributed by atoms with Crippen molar-refractivity contribution in [2.24, 2.45) is 0 Å². The van der Waals surface area contributed by atoms with Gasteiger partial charge in [0.05, 0.1) is 6.10 Å². The first-order chi connectivity index (χ1) is 7.92. The van der Waals surface area contributed by atoms with E-state index in [4.69, 9.17) is 4.74 Å². The van der Waals surface area contributed by atoms with Crippen molar-refractivity contribution in [2.75, 3.05) is 11.9 Å². The molecule has 2 heterocycles.